The zero-order chi connectivity index (χ0) is 16.4. The van der Waals surface area contributed by atoms with E-state index in [-0.39, 0.29) is 44.7 Å². The highest BCUT2D eigenvalue weighted by Gasteiger charge is 2.17. The van der Waals surface area contributed by atoms with E-state index in [4.69, 9.17) is 9.84 Å². The number of rotatable bonds is 9. The van der Waals surface area contributed by atoms with Crippen molar-refractivity contribution in [2.45, 2.75) is 6.42 Å². The molecule has 22 heavy (non-hydrogen) atoms. The average molecular weight is 375 g/mol. The van der Waals surface area contributed by atoms with E-state index in [1.165, 1.54) is 18.2 Å². The second-order valence-corrected chi connectivity index (χ2v) is 5.26. The molecule has 8 heteroatoms. The maximum absolute atomic E-state index is 12.5. The highest BCUT2D eigenvalue weighted by molar-refractivity contribution is 9.10. The van der Waals surface area contributed by atoms with Crippen LogP contribution in [-0.2, 0) is 14.3 Å². The third-order valence-corrected chi connectivity index (χ3v) is 3.23. The van der Waals surface area contributed by atoms with E-state index in [0.29, 0.717) is 16.6 Å². The number of ether oxygens (including phenoxy) is 2. The minimum absolute atomic E-state index is 0.0777. The molecule has 7 nitrogen and oxygen atoms in total. The Morgan fingerprint density at radius 3 is 2.73 bits per heavy atom. The Morgan fingerprint density at radius 1 is 1.32 bits per heavy atom. The summed E-state index contributed by atoms with van der Waals surface area (Å²) in [5.41, 5.74) is 0.418. The summed E-state index contributed by atoms with van der Waals surface area (Å²) in [4.78, 5) is 29.2. The predicted molar refractivity (Wildman–Crippen MR) is 82.4 cm³/mol. The van der Waals surface area contributed by atoms with E-state index in [1.807, 2.05) is 0 Å². The first kappa shape index (κ1) is 18.5. The number of carbonyl (C=O) groups is 2. The lowest BCUT2D eigenvalue weighted by molar-refractivity contribution is -0.140. The van der Waals surface area contributed by atoms with Crippen molar-refractivity contribution in [1.82, 2.24) is 9.88 Å². The minimum Gasteiger partial charge on any atom is -0.469 e. The Labute approximate surface area is 137 Å². The van der Waals surface area contributed by atoms with Gasteiger partial charge >= 0.3 is 5.97 Å². The number of pyridine rings is 1. The molecule has 0 bridgehead atoms. The van der Waals surface area contributed by atoms with Gasteiger partial charge in [0, 0.05) is 30.0 Å². The molecule has 0 aliphatic rings. The lowest BCUT2D eigenvalue weighted by Gasteiger charge is -2.22. The number of aliphatic hydroxyl groups is 1. The number of amides is 1. The molecule has 1 aromatic heterocycles. The van der Waals surface area contributed by atoms with Gasteiger partial charge < -0.3 is 19.5 Å². The largest absolute Gasteiger partial charge is 0.469 e. The summed E-state index contributed by atoms with van der Waals surface area (Å²) >= 11 is 3.27. The van der Waals surface area contributed by atoms with Gasteiger partial charge in [0.25, 0.3) is 5.91 Å². The van der Waals surface area contributed by atoms with E-state index in [0.717, 1.165) is 0 Å². The van der Waals surface area contributed by atoms with Gasteiger partial charge in [-0.15, -0.1) is 0 Å². The highest BCUT2D eigenvalue weighted by atomic mass is 79.9. The number of aliphatic hydroxyl groups excluding tert-OH is 1. The molecular formula is C14H19BrN2O5. The van der Waals surface area contributed by atoms with Crippen molar-refractivity contribution in [1.29, 1.82) is 0 Å². The van der Waals surface area contributed by atoms with Gasteiger partial charge in [0.1, 0.15) is 0 Å². The van der Waals surface area contributed by atoms with Crippen molar-refractivity contribution >= 4 is 27.8 Å². The molecule has 1 heterocycles. The van der Waals surface area contributed by atoms with E-state index >= 15 is 0 Å². The summed E-state index contributed by atoms with van der Waals surface area (Å²) in [5.74, 6) is -0.633. The normalized spacial score (nSPS) is 10.3. The van der Waals surface area contributed by atoms with Crippen molar-refractivity contribution in [3.8, 4) is 0 Å². The number of aromatic nitrogens is 1. The Bertz CT molecular complexity index is 498. The minimum atomic E-state index is -0.388. The van der Waals surface area contributed by atoms with Crippen LogP contribution in [0.4, 0.5) is 0 Å². The number of carbonyl (C=O) groups excluding carboxylic acids is 2. The smallest absolute Gasteiger partial charge is 0.307 e. The van der Waals surface area contributed by atoms with Crippen LogP contribution in [0.5, 0.6) is 0 Å². The van der Waals surface area contributed by atoms with Crippen LogP contribution in [0, 0.1) is 0 Å². The SMILES string of the molecule is COC(=O)CCN(CCOCCO)C(=O)c1cncc(Br)c1. The molecule has 0 unspecified atom stereocenters. The summed E-state index contributed by atoms with van der Waals surface area (Å²) < 4.78 is 10.5. The fourth-order valence-electron chi connectivity index (χ4n) is 1.70. The number of hydrogen-bond donors (Lipinski definition) is 1. The molecule has 1 rings (SSSR count). The summed E-state index contributed by atoms with van der Waals surface area (Å²) in [6, 6.07) is 1.66. The lowest BCUT2D eigenvalue weighted by atomic mass is 10.2. The van der Waals surface area contributed by atoms with Crippen molar-refractivity contribution in [3.05, 3.63) is 28.5 Å². The molecule has 0 spiro atoms. The standard InChI is InChI=1S/C14H19BrN2O5/c1-21-13(19)2-3-17(4-6-22-7-5-18)14(20)11-8-12(15)10-16-9-11/h8-10,18H,2-7H2,1H3. The van der Waals surface area contributed by atoms with Crippen molar-refractivity contribution in [2.75, 3.05) is 40.0 Å². The van der Waals surface area contributed by atoms with Crippen LogP contribution < -0.4 is 0 Å². The Kier molecular flexibility index (Phi) is 8.64. The summed E-state index contributed by atoms with van der Waals surface area (Å²) in [7, 11) is 1.30. The molecule has 1 aromatic rings. The fraction of sp³-hybridized carbons (Fsp3) is 0.500. The van der Waals surface area contributed by atoms with Gasteiger partial charge in [-0.05, 0) is 22.0 Å². The predicted octanol–water partition coefficient (Wildman–Crippen LogP) is 0.858. The van der Waals surface area contributed by atoms with Crippen LogP contribution in [-0.4, -0.2) is 66.9 Å². The first-order valence-corrected chi connectivity index (χ1v) is 7.53. The Morgan fingerprint density at radius 2 is 2.09 bits per heavy atom. The maximum atomic E-state index is 12.5. The third kappa shape index (κ3) is 6.50. The molecule has 1 amide bonds. The van der Waals surface area contributed by atoms with E-state index in [9.17, 15) is 9.59 Å². The van der Waals surface area contributed by atoms with Gasteiger partial charge in [-0.25, -0.2) is 0 Å². The molecule has 0 aliphatic carbocycles. The van der Waals surface area contributed by atoms with Crippen molar-refractivity contribution in [3.63, 3.8) is 0 Å². The summed E-state index contributed by atoms with van der Waals surface area (Å²) in [6.45, 7) is 0.931. The topological polar surface area (TPSA) is 89.0 Å². The van der Waals surface area contributed by atoms with Gasteiger partial charge in [-0.3, -0.25) is 14.6 Å². The van der Waals surface area contributed by atoms with Crippen LogP contribution in [0.1, 0.15) is 16.8 Å². The van der Waals surface area contributed by atoms with Gasteiger partial charge in [-0.2, -0.15) is 0 Å². The number of esters is 1. The molecule has 0 saturated heterocycles. The summed E-state index contributed by atoms with van der Waals surface area (Å²) in [6.07, 6.45) is 3.15. The molecule has 0 saturated carbocycles. The molecule has 122 valence electrons. The average Bonchev–Trinajstić information content (AvgIpc) is 2.53. The monoisotopic (exact) mass is 374 g/mol. The Balaban J connectivity index is 2.69. The van der Waals surface area contributed by atoms with E-state index in [2.05, 4.69) is 25.7 Å². The van der Waals surface area contributed by atoms with Crippen LogP contribution in [0.2, 0.25) is 0 Å². The molecule has 0 aliphatic heterocycles. The zero-order valence-corrected chi connectivity index (χ0v) is 13.9. The van der Waals surface area contributed by atoms with Gasteiger partial charge in [0.15, 0.2) is 0 Å². The third-order valence-electron chi connectivity index (χ3n) is 2.79. The van der Waals surface area contributed by atoms with Crippen LogP contribution in [0.25, 0.3) is 0 Å². The quantitative estimate of drug-likeness (QED) is 0.509. The number of hydrogen-bond acceptors (Lipinski definition) is 6. The first-order chi connectivity index (χ1) is 10.6. The molecular weight excluding hydrogens is 356 g/mol. The van der Waals surface area contributed by atoms with Crippen LogP contribution in [0.3, 0.4) is 0 Å². The summed E-state index contributed by atoms with van der Waals surface area (Å²) in [5, 5.41) is 8.68. The lowest BCUT2D eigenvalue weighted by Crippen LogP contribution is -2.36. The molecule has 0 atom stereocenters. The highest BCUT2D eigenvalue weighted by Crippen LogP contribution is 2.12. The first-order valence-electron chi connectivity index (χ1n) is 6.73. The van der Waals surface area contributed by atoms with Crippen LogP contribution in [0.15, 0.2) is 22.9 Å². The van der Waals surface area contributed by atoms with Gasteiger partial charge in [0.2, 0.25) is 0 Å². The second kappa shape index (κ2) is 10.3. The zero-order valence-electron chi connectivity index (χ0n) is 12.3. The molecule has 0 aromatic carbocycles. The van der Waals surface area contributed by atoms with Gasteiger partial charge in [0.05, 0.1) is 38.9 Å². The molecule has 0 fully saturated rings. The molecule has 1 N–H and O–H groups in total. The number of nitrogens with zero attached hydrogens (tertiary/aromatic N) is 2. The second-order valence-electron chi connectivity index (χ2n) is 4.35. The van der Waals surface area contributed by atoms with Crippen molar-refractivity contribution < 1.29 is 24.2 Å². The van der Waals surface area contributed by atoms with E-state index in [1.54, 1.807) is 12.3 Å². The maximum Gasteiger partial charge on any atom is 0.307 e. The number of methoxy groups -OCH3 is 1. The number of halogens is 1. The Hall–Kier alpha value is -1.51. The van der Waals surface area contributed by atoms with Crippen LogP contribution >= 0.6 is 15.9 Å². The van der Waals surface area contributed by atoms with Crippen molar-refractivity contribution in [2.24, 2.45) is 0 Å². The van der Waals surface area contributed by atoms with Gasteiger partial charge in [-0.1, -0.05) is 0 Å². The van der Waals surface area contributed by atoms with E-state index < -0.39 is 0 Å². The fourth-order valence-corrected chi connectivity index (χ4v) is 2.06. The molecule has 0 radical (unpaired) electrons.